The van der Waals surface area contributed by atoms with Crippen molar-refractivity contribution >= 4 is 40.9 Å². The molecule has 0 saturated carbocycles. The Morgan fingerprint density at radius 2 is 1.62 bits per heavy atom. The molecular weight excluding hydrogens is 513 g/mol. The highest BCUT2D eigenvalue weighted by Gasteiger charge is 2.39. The van der Waals surface area contributed by atoms with Gasteiger partial charge in [0.2, 0.25) is 11.8 Å². The Bertz CT molecular complexity index is 1170. The Hall–Kier alpha value is -2.77. The predicted molar refractivity (Wildman–Crippen MR) is 144 cm³/mol. The fraction of sp³-hybridized carbons (Fsp3) is 0.464. The quantitative estimate of drug-likeness (QED) is 0.545. The van der Waals surface area contributed by atoms with Crippen molar-refractivity contribution in [2.24, 2.45) is 5.92 Å². The van der Waals surface area contributed by atoms with Crippen LogP contribution < -0.4 is 4.74 Å². The number of halogens is 2. The van der Waals surface area contributed by atoms with Crippen molar-refractivity contribution in [3.8, 4) is 5.75 Å². The summed E-state index contributed by atoms with van der Waals surface area (Å²) in [6.45, 7) is 3.80. The van der Waals surface area contributed by atoms with Crippen LogP contribution in [0.4, 0.5) is 0 Å². The number of para-hydroxylation sites is 1. The van der Waals surface area contributed by atoms with Crippen molar-refractivity contribution in [3.63, 3.8) is 0 Å². The molecule has 3 amide bonds. The Labute approximate surface area is 228 Å². The molecule has 0 bridgehead atoms. The van der Waals surface area contributed by atoms with E-state index in [0.717, 1.165) is 5.56 Å². The molecule has 0 aliphatic carbocycles. The van der Waals surface area contributed by atoms with Gasteiger partial charge in [0.05, 0.1) is 22.7 Å². The van der Waals surface area contributed by atoms with Gasteiger partial charge in [-0.15, -0.1) is 0 Å². The van der Waals surface area contributed by atoms with Gasteiger partial charge in [-0.25, -0.2) is 0 Å². The lowest BCUT2D eigenvalue weighted by Gasteiger charge is -2.44. The van der Waals surface area contributed by atoms with E-state index in [0.29, 0.717) is 66.8 Å². The number of amides is 3. The van der Waals surface area contributed by atoms with Crippen molar-refractivity contribution in [1.82, 2.24) is 14.7 Å². The molecule has 2 unspecified atom stereocenters. The second-order valence-corrected chi connectivity index (χ2v) is 10.6. The zero-order chi connectivity index (χ0) is 26.7. The molecule has 2 aliphatic heterocycles. The lowest BCUT2D eigenvalue weighted by molar-refractivity contribution is -0.141. The lowest BCUT2D eigenvalue weighted by Crippen LogP contribution is -2.53. The molecule has 0 radical (unpaired) electrons. The Morgan fingerprint density at radius 1 is 0.946 bits per heavy atom. The number of piperidine rings is 2. The van der Waals surface area contributed by atoms with Gasteiger partial charge in [-0.3, -0.25) is 14.4 Å². The number of methoxy groups -OCH3 is 1. The first-order chi connectivity index (χ1) is 17.7. The fourth-order valence-corrected chi connectivity index (χ4v) is 5.84. The highest BCUT2D eigenvalue weighted by Crippen LogP contribution is 2.36. The third-order valence-electron chi connectivity index (χ3n) is 7.70. The summed E-state index contributed by atoms with van der Waals surface area (Å²) < 4.78 is 5.43. The summed E-state index contributed by atoms with van der Waals surface area (Å²) in [6.07, 6.45) is 1.96. The predicted octanol–water partition coefficient (Wildman–Crippen LogP) is 4.72. The van der Waals surface area contributed by atoms with E-state index in [4.69, 9.17) is 27.9 Å². The monoisotopic (exact) mass is 545 g/mol. The summed E-state index contributed by atoms with van der Waals surface area (Å²) in [6, 6.07) is 12.6. The second kappa shape index (κ2) is 11.7. The number of benzene rings is 2. The molecule has 2 fully saturated rings. The SMILES string of the molecule is COc1ccccc1C(=O)N(C)C1CCN(C(=O)C2CCN(C(C)=O)CC2)CC1c1ccc(Cl)c(Cl)c1. The van der Waals surface area contributed by atoms with Crippen molar-refractivity contribution in [1.29, 1.82) is 0 Å². The number of hydrogen-bond acceptors (Lipinski definition) is 4. The summed E-state index contributed by atoms with van der Waals surface area (Å²) in [5, 5.41) is 0.901. The van der Waals surface area contributed by atoms with Crippen molar-refractivity contribution in [2.75, 3.05) is 40.3 Å². The number of carbonyl (C=O) groups is 3. The largest absolute Gasteiger partial charge is 0.496 e. The maximum atomic E-state index is 13.6. The molecule has 2 aromatic rings. The molecule has 2 atom stereocenters. The van der Waals surface area contributed by atoms with Crippen LogP contribution in [0.2, 0.25) is 10.0 Å². The van der Waals surface area contributed by atoms with E-state index in [-0.39, 0.29) is 35.6 Å². The number of ether oxygens (including phenoxy) is 1. The molecule has 0 aromatic heterocycles. The molecule has 198 valence electrons. The maximum absolute atomic E-state index is 13.6. The number of carbonyl (C=O) groups excluding carboxylic acids is 3. The van der Waals surface area contributed by atoms with E-state index in [1.54, 1.807) is 49.1 Å². The molecule has 0 spiro atoms. The zero-order valence-electron chi connectivity index (χ0n) is 21.5. The van der Waals surface area contributed by atoms with E-state index in [2.05, 4.69) is 0 Å². The number of rotatable bonds is 5. The average Bonchev–Trinajstić information content (AvgIpc) is 2.93. The molecule has 4 rings (SSSR count). The number of hydrogen-bond donors (Lipinski definition) is 0. The molecule has 2 saturated heterocycles. The van der Waals surface area contributed by atoms with Gasteiger partial charge in [0, 0.05) is 58.0 Å². The van der Waals surface area contributed by atoms with E-state index >= 15 is 0 Å². The minimum absolute atomic E-state index is 0.0501. The van der Waals surface area contributed by atoms with Crippen LogP contribution in [0.5, 0.6) is 5.75 Å². The maximum Gasteiger partial charge on any atom is 0.257 e. The van der Waals surface area contributed by atoms with Gasteiger partial charge in [0.15, 0.2) is 0 Å². The van der Waals surface area contributed by atoms with Crippen LogP contribution in [0.3, 0.4) is 0 Å². The van der Waals surface area contributed by atoms with Crippen LogP contribution >= 0.6 is 23.2 Å². The molecule has 9 heteroatoms. The van der Waals surface area contributed by atoms with Crippen LogP contribution in [0.1, 0.15) is 48.0 Å². The number of likely N-dealkylation sites (N-methyl/N-ethyl adjacent to an activating group) is 1. The van der Waals surface area contributed by atoms with Gasteiger partial charge < -0.3 is 19.4 Å². The van der Waals surface area contributed by atoms with E-state index < -0.39 is 0 Å². The topological polar surface area (TPSA) is 70.2 Å². The van der Waals surface area contributed by atoms with Gasteiger partial charge in [-0.1, -0.05) is 41.4 Å². The summed E-state index contributed by atoms with van der Waals surface area (Å²) in [5.41, 5.74) is 1.43. The summed E-state index contributed by atoms with van der Waals surface area (Å²) in [4.78, 5) is 44.3. The lowest BCUT2D eigenvalue weighted by atomic mass is 9.83. The van der Waals surface area contributed by atoms with Gasteiger partial charge >= 0.3 is 0 Å². The summed E-state index contributed by atoms with van der Waals surface area (Å²) in [5.74, 6) is 0.307. The highest BCUT2D eigenvalue weighted by molar-refractivity contribution is 6.42. The van der Waals surface area contributed by atoms with Crippen LogP contribution in [-0.2, 0) is 9.59 Å². The van der Waals surface area contributed by atoms with Crippen molar-refractivity contribution < 1.29 is 19.1 Å². The van der Waals surface area contributed by atoms with Crippen LogP contribution in [0, 0.1) is 5.92 Å². The van der Waals surface area contributed by atoms with Gasteiger partial charge in [0.25, 0.3) is 5.91 Å². The van der Waals surface area contributed by atoms with Gasteiger partial charge in [-0.05, 0) is 49.1 Å². The second-order valence-electron chi connectivity index (χ2n) is 9.82. The van der Waals surface area contributed by atoms with Gasteiger partial charge in [0.1, 0.15) is 5.75 Å². The van der Waals surface area contributed by atoms with E-state index in [1.165, 1.54) is 0 Å². The molecule has 2 heterocycles. The highest BCUT2D eigenvalue weighted by atomic mass is 35.5. The third-order valence-corrected chi connectivity index (χ3v) is 8.44. The van der Waals surface area contributed by atoms with Crippen molar-refractivity contribution in [2.45, 2.75) is 38.1 Å². The van der Waals surface area contributed by atoms with Crippen LogP contribution in [0.25, 0.3) is 0 Å². The molecule has 2 aromatic carbocycles. The minimum atomic E-state index is -0.154. The Balaban J connectivity index is 1.57. The fourth-order valence-electron chi connectivity index (χ4n) is 5.54. The van der Waals surface area contributed by atoms with E-state index in [9.17, 15) is 14.4 Å². The molecule has 7 nitrogen and oxygen atoms in total. The Kier molecular flexibility index (Phi) is 8.65. The average molecular weight is 546 g/mol. The zero-order valence-corrected chi connectivity index (χ0v) is 23.0. The first-order valence-corrected chi connectivity index (χ1v) is 13.4. The van der Waals surface area contributed by atoms with Crippen LogP contribution in [0.15, 0.2) is 42.5 Å². The Morgan fingerprint density at radius 3 is 2.27 bits per heavy atom. The summed E-state index contributed by atoms with van der Waals surface area (Å²) >= 11 is 12.6. The first-order valence-electron chi connectivity index (χ1n) is 12.6. The van der Waals surface area contributed by atoms with Crippen LogP contribution in [-0.4, -0.2) is 78.8 Å². The van der Waals surface area contributed by atoms with E-state index in [1.807, 2.05) is 29.2 Å². The minimum Gasteiger partial charge on any atom is -0.496 e. The standard InChI is InChI=1S/C28H33Cl2N3O4/c1-18(34)32-13-10-19(11-14-32)27(35)33-15-12-25(22(17-33)20-8-9-23(29)24(30)16-20)31(2)28(36)21-6-4-5-7-26(21)37-3/h4-9,16,19,22,25H,10-15,17H2,1-3H3. The smallest absolute Gasteiger partial charge is 0.257 e. The molecular formula is C28H33Cl2N3O4. The van der Waals surface area contributed by atoms with Gasteiger partial charge in [-0.2, -0.15) is 0 Å². The number of nitrogens with zero attached hydrogens (tertiary/aromatic N) is 3. The molecule has 2 aliphatic rings. The van der Waals surface area contributed by atoms with Crippen molar-refractivity contribution in [3.05, 3.63) is 63.6 Å². The molecule has 0 N–H and O–H groups in total. The summed E-state index contributed by atoms with van der Waals surface area (Å²) in [7, 11) is 3.36. The molecule has 37 heavy (non-hydrogen) atoms. The third kappa shape index (κ3) is 5.88. The number of likely N-dealkylation sites (tertiary alicyclic amines) is 2. The normalized spacial score (nSPS) is 20.5. The first kappa shape index (κ1) is 27.3.